The maximum Gasteiger partial charge on any atom is 0.330 e. The van der Waals surface area contributed by atoms with Crippen molar-refractivity contribution in [3.05, 3.63) is 59.7 Å². The van der Waals surface area contributed by atoms with Crippen LogP contribution >= 0.6 is 23.5 Å². The number of fused-ring (bicyclic) bond motifs is 1. The third-order valence-corrected chi connectivity index (χ3v) is 11.8. The molecular formula is C35H39N5O11S2. The summed E-state index contributed by atoms with van der Waals surface area (Å²) in [5.41, 5.74) is 0.779. The van der Waals surface area contributed by atoms with Gasteiger partial charge in [0, 0.05) is 38.2 Å². The van der Waals surface area contributed by atoms with Crippen LogP contribution in [0.25, 0.3) is 0 Å². The summed E-state index contributed by atoms with van der Waals surface area (Å²) in [6.45, 7) is 7.70. The average Bonchev–Trinajstić information content (AvgIpc) is 3.38. The first-order chi connectivity index (χ1) is 25.0. The fourth-order valence-corrected chi connectivity index (χ4v) is 9.08. The summed E-state index contributed by atoms with van der Waals surface area (Å²) in [6, 6.07) is 9.14. The van der Waals surface area contributed by atoms with Gasteiger partial charge in [-0.05, 0) is 50.3 Å². The van der Waals surface area contributed by atoms with Crippen molar-refractivity contribution in [2.75, 3.05) is 25.9 Å². The molecule has 0 aliphatic carbocycles. The molecule has 3 aliphatic heterocycles. The van der Waals surface area contributed by atoms with E-state index in [1.165, 1.54) is 39.8 Å². The molecule has 0 spiro atoms. The van der Waals surface area contributed by atoms with E-state index in [0.29, 0.717) is 4.90 Å². The third-order valence-electron chi connectivity index (χ3n) is 8.86. The van der Waals surface area contributed by atoms with Crippen LogP contribution < -0.4 is 20.1 Å². The molecule has 3 saturated heterocycles. The number of likely N-dealkylation sites (N-methyl/N-ethyl adjacent to an activating group) is 1. The number of urea groups is 1. The highest BCUT2D eigenvalue weighted by atomic mass is 32.2. The van der Waals surface area contributed by atoms with Gasteiger partial charge in [-0.2, -0.15) is 0 Å². The lowest BCUT2D eigenvalue weighted by Crippen LogP contribution is -2.78. The summed E-state index contributed by atoms with van der Waals surface area (Å²) in [5.74, 6) is -5.99. The molecule has 1 unspecified atom stereocenters. The van der Waals surface area contributed by atoms with E-state index in [0.717, 1.165) is 31.2 Å². The Kier molecular flexibility index (Phi) is 11.4. The number of imide groups is 1. The smallest absolute Gasteiger partial charge is 0.330 e. The quantitative estimate of drug-likeness (QED) is 0.111. The zero-order chi connectivity index (χ0) is 38.8. The molecule has 3 fully saturated rings. The van der Waals surface area contributed by atoms with Crippen molar-refractivity contribution in [1.82, 2.24) is 25.3 Å². The Labute approximate surface area is 313 Å². The SMILES string of the molecule is CCN1CCN(C(=O)NC(C(=O)N[C@]2(SC)C(=O)N3[C@@H](C(=O)OCc4ccccc4)C(C)(C)S[C@@H]32)c2ccc(OC(C)=O)c(OC(C)=O)c2)C(=O)C1=O. The summed E-state index contributed by atoms with van der Waals surface area (Å²) in [6.07, 6.45) is 1.61. The molecule has 18 heteroatoms. The van der Waals surface area contributed by atoms with Crippen LogP contribution in [0.2, 0.25) is 0 Å². The molecule has 6 amide bonds. The Balaban J connectivity index is 1.44. The molecule has 3 aliphatic rings. The molecule has 16 nitrogen and oxygen atoms in total. The number of β-lactam (4-membered cyclic amide) rings is 1. The summed E-state index contributed by atoms with van der Waals surface area (Å²) < 4.78 is 15.2. The standard InChI is InChI=1S/C35H39N5O11S2/c1-7-38-15-16-39(29(45)28(38)44)33(48)36-25(22-13-14-23(50-19(2)41)24(17-22)51-20(3)42)27(43)37-35(52-6)31(47)40-26(34(4,5)53-32(35)40)30(46)49-18-21-11-9-8-10-12-21/h8-14,17,25-26,32H,7,15-16,18H2,1-6H3,(H,36,48)(H,37,43)/t25?,26-,32+,35-/m0/s1. The van der Waals surface area contributed by atoms with E-state index in [1.54, 1.807) is 39.2 Å². The van der Waals surface area contributed by atoms with Gasteiger partial charge in [-0.15, -0.1) is 23.5 Å². The first-order valence-corrected chi connectivity index (χ1v) is 18.6. The van der Waals surface area contributed by atoms with Crippen molar-refractivity contribution in [2.45, 2.75) is 68.3 Å². The van der Waals surface area contributed by atoms with Crippen molar-refractivity contribution in [1.29, 1.82) is 0 Å². The number of benzene rings is 2. The van der Waals surface area contributed by atoms with Gasteiger partial charge in [0.05, 0.1) is 0 Å². The third kappa shape index (κ3) is 7.69. The number of amides is 6. The highest BCUT2D eigenvalue weighted by Crippen LogP contribution is 2.58. The predicted octanol–water partition coefficient (Wildman–Crippen LogP) is 1.96. The first-order valence-electron chi connectivity index (χ1n) is 16.5. The van der Waals surface area contributed by atoms with Crippen LogP contribution in [0, 0.1) is 0 Å². The summed E-state index contributed by atoms with van der Waals surface area (Å²) in [5, 5.41) is 4.53. The molecule has 282 valence electrons. The summed E-state index contributed by atoms with van der Waals surface area (Å²) >= 11 is 2.33. The Hall–Kier alpha value is -5.10. The lowest BCUT2D eigenvalue weighted by atomic mass is 9.95. The molecule has 0 aromatic heterocycles. The fourth-order valence-electron chi connectivity index (χ4n) is 6.28. The topological polar surface area (TPSA) is 198 Å². The van der Waals surface area contributed by atoms with Crippen LogP contribution in [-0.2, 0) is 44.9 Å². The largest absolute Gasteiger partial charge is 0.459 e. The van der Waals surface area contributed by atoms with Gasteiger partial charge in [0.2, 0.25) is 5.91 Å². The molecule has 2 aromatic rings. The molecule has 3 heterocycles. The summed E-state index contributed by atoms with van der Waals surface area (Å²) in [7, 11) is 0. The predicted molar refractivity (Wildman–Crippen MR) is 191 cm³/mol. The lowest BCUT2D eigenvalue weighted by Gasteiger charge is -2.52. The maximum absolute atomic E-state index is 14.4. The normalized spacial score (nSPS) is 22.3. The van der Waals surface area contributed by atoms with E-state index in [2.05, 4.69) is 10.6 Å². The van der Waals surface area contributed by atoms with Crippen molar-refractivity contribution in [3.8, 4) is 11.5 Å². The molecule has 0 saturated carbocycles. The highest BCUT2D eigenvalue weighted by molar-refractivity contribution is 8.05. The lowest BCUT2D eigenvalue weighted by molar-refractivity contribution is -0.167. The number of esters is 3. The van der Waals surface area contributed by atoms with Gasteiger partial charge in [-0.3, -0.25) is 33.7 Å². The Bertz CT molecular complexity index is 1860. The van der Waals surface area contributed by atoms with Crippen LogP contribution in [0.5, 0.6) is 11.5 Å². The van der Waals surface area contributed by atoms with E-state index in [-0.39, 0.29) is 43.3 Å². The van der Waals surface area contributed by atoms with Crippen molar-refractivity contribution < 1.29 is 52.6 Å². The van der Waals surface area contributed by atoms with Crippen LogP contribution in [0.4, 0.5) is 4.79 Å². The molecule has 4 atom stereocenters. The zero-order valence-corrected chi connectivity index (χ0v) is 31.5. The van der Waals surface area contributed by atoms with Gasteiger partial charge in [0.15, 0.2) is 16.4 Å². The highest BCUT2D eigenvalue weighted by Gasteiger charge is 2.72. The van der Waals surface area contributed by atoms with Crippen LogP contribution in [0.1, 0.15) is 51.8 Å². The molecule has 5 rings (SSSR count). The maximum atomic E-state index is 14.4. The van der Waals surface area contributed by atoms with E-state index in [4.69, 9.17) is 14.2 Å². The second-order valence-corrected chi connectivity index (χ2v) is 15.6. The fraction of sp³-hybridized carbons (Fsp3) is 0.429. The van der Waals surface area contributed by atoms with Gasteiger partial charge in [0.1, 0.15) is 24.1 Å². The van der Waals surface area contributed by atoms with Crippen LogP contribution in [-0.4, -0.2) is 109 Å². The molecule has 2 aromatic carbocycles. The van der Waals surface area contributed by atoms with E-state index >= 15 is 0 Å². The van der Waals surface area contributed by atoms with Gasteiger partial charge in [-0.1, -0.05) is 36.4 Å². The Morgan fingerprint density at radius 3 is 2.23 bits per heavy atom. The number of rotatable bonds is 11. The molecular weight excluding hydrogens is 731 g/mol. The minimum absolute atomic E-state index is 0.00255. The minimum atomic E-state index is -1.65. The number of piperazine rings is 1. The molecule has 0 radical (unpaired) electrons. The van der Waals surface area contributed by atoms with Gasteiger partial charge >= 0.3 is 35.8 Å². The van der Waals surface area contributed by atoms with Crippen molar-refractivity contribution >= 4 is 71.1 Å². The number of carbonyl (C=O) groups excluding carboxylic acids is 8. The van der Waals surface area contributed by atoms with Crippen LogP contribution in [0.15, 0.2) is 48.5 Å². The second kappa shape index (κ2) is 15.5. The number of nitrogens with zero attached hydrogens (tertiary/aromatic N) is 3. The van der Waals surface area contributed by atoms with Crippen molar-refractivity contribution in [3.63, 3.8) is 0 Å². The number of nitrogens with one attached hydrogen (secondary N) is 2. The van der Waals surface area contributed by atoms with Gasteiger partial charge in [-0.25, -0.2) is 9.59 Å². The first kappa shape index (κ1) is 39.1. The number of ether oxygens (including phenoxy) is 3. The second-order valence-electron chi connectivity index (χ2n) is 12.8. The number of hydrogen-bond acceptors (Lipinski definition) is 13. The number of hydrogen-bond donors (Lipinski definition) is 2. The van der Waals surface area contributed by atoms with Gasteiger partial charge in [0.25, 0.3) is 5.91 Å². The van der Waals surface area contributed by atoms with E-state index in [9.17, 15) is 38.4 Å². The summed E-state index contributed by atoms with van der Waals surface area (Å²) in [4.78, 5) is 106. The minimum Gasteiger partial charge on any atom is -0.459 e. The van der Waals surface area contributed by atoms with Crippen LogP contribution in [0.3, 0.4) is 0 Å². The van der Waals surface area contributed by atoms with Gasteiger partial charge < -0.3 is 34.6 Å². The zero-order valence-electron chi connectivity index (χ0n) is 29.8. The average molecular weight is 770 g/mol. The number of thioether (sulfide) groups is 2. The van der Waals surface area contributed by atoms with Crippen molar-refractivity contribution in [2.24, 2.45) is 0 Å². The Morgan fingerprint density at radius 2 is 1.60 bits per heavy atom. The van der Waals surface area contributed by atoms with E-state index in [1.807, 2.05) is 18.2 Å². The van der Waals surface area contributed by atoms with E-state index < -0.39 is 74.6 Å². The monoisotopic (exact) mass is 769 g/mol. The number of carbonyl (C=O) groups is 8. The molecule has 0 bridgehead atoms. The Morgan fingerprint density at radius 1 is 0.943 bits per heavy atom. The molecule has 2 N–H and O–H groups in total. The molecule has 53 heavy (non-hydrogen) atoms.